The van der Waals surface area contributed by atoms with Gasteiger partial charge in [-0.2, -0.15) is 0 Å². The van der Waals surface area contributed by atoms with Gasteiger partial charge in [-0.15, -0.1) is 0 Å². The molecule has 5 heteroatoms. The molecular formula is C19H22N2O3. The van der Waals surface area contributed by atoms with E-state index >= 15 is 0 Å². The summed E-state index contributed by atoms with van der Waals surface area (Å²) in [6, 6.07) is 3.89. The van der Waals surface area contributed by atoms with Crippen LogP contribution >= 0.6 is 0 Å². The van der Waals surface area contributed by atoms with Crippen LogP contribution in [0.2, 0.25) is 0 Å². The largest absolute Gasteiger partial charge is 0.467 e. The van der Waals surface area contributed by atoms with E-state index in [4.69, 9.17) is 4.42 Å². The van der Waals surface area contributed by atoms with Gasteiger partial charge in [-0.05, 0) is 57.2 Å². The Kier molecular flexibility index (Phi) is 3.59. The Morgan fingerprint density at radius 1 is 1.38 bits per heavy atom. The Labute approximate surface area is 141 Å². The average Bonchev–Trinajstić information content (AvgIpc) is 3.11. The molecule has 1 N–H and O–H groups in total. The molecule has 1 fully saturated rings. The third-order valence-electron chi connectivity index (χ3n) is 5.20. The Hall–Kier alpha value is -2.30. The maximum Gasteiger partial charge on any atom is 0.271 e. The number of nitrogens with one attached hydrogen (secondary N) is 1. The van der Waals surface area contributed by atoms with Crippen LogP contribution in [0.25, 0.3) is 0 Å². The zero-order chi connectivity index (χ0) is 16.8. The Balaban J connectivity index is 1.70. The van der Waals surface area contributed by atoms with E-state index in [0.29, 0.717) is 12.1 Å². The van der Waals surface area contributed by atoms with Gasteiger partial charge < -0.3 is 14.3 Å². The molecular weight excluding hydrogens is 304 g/mol. The van der Waals surface area contributed by atoms with E-state index in [2.05, 4.69) is 4.98 Å². The zero-order valence-electron chi connectivity index (χ0n) is 14.1. The number of hydrogen-bond donors (Lipinski definition) is 1. The zero-order valence-corrected chi connectivity index (χ0v) is 14.1. The normalized spacial score (nSPS) is 18.3. The number of furan rings is 1. The van der Waals surface area contributed by atoms with Crippen LogP contribution in [-0.4, -0.2) is 27.6 Å². The molecule has 5 nitrogen and oxygen atoms in total. The predicted octanol–water partition coefficient (Wildman–Crippen LogP) is 3.80. The van der Waals surface area contributed by atoms with Crippen molar-refractivity contribution in [1.82, 2.24) is 9.88 Å². The highest BCUT2D eigenvalue weighted by Gasteiger charge is 2.39. The molecule has 0 saturated heterocycles. The molecule has 1 saturated carbocycles. The maximum atomic E-state index is 13.3. The van der Waals surface area contributed by atoms with Crippen molar-refractivity contribution in [2.75, 3.05) is 0 Å². The summed E-state index contributed by atoms with van der Waals surface area (Å²) in [7, 11) is 0. The summed E-state index contributed by atoms with van der Waals surface area (Å²) in [5.41, 5.74) is 3.04. The molecule has 0 aliphatic heterocycles. The van der Waals surface area contributed by atoms with E-state index in [1.54, 1.807) is 6.26 Å². The number of ketones is 1. The molecule has 2 aromatic heterocycles. The monoisotopic (exact) mass is 326 g/mol. The van der Waals surface area contributed by atoms with E-state index in [1.807, 2.05) is 30.9 Å². The summed E-state index contributed by atoms with van der Waals surface area (Å²) < 4.78 is 5.51. The van der Waals surface area contributed by atoms with Crippen LogP contribution in [-0.2, 0) is 6.42 Å². The highest BCUT2D eigenvalue weighted by molar-refractivity contribution is 6.04. The summed E-state index contributed by atoms with van der Waals surface area (Å²) >= 11 is 0. The van der Waals surface area contributed by atoms with Gasteiger partial charge in [0.05, 0.1) is 12.3 Å². The van der Waals surface area contributed by atoms with Crippen molar-refractivity contribution < 1.29 is 14.0 Å². The molecule has 0 spiro atoms. The van der Waals surface area contributed by atoms with Crippen LogP contribution in [0.3, 0.4) is 0 Å². The minimum absolute atomic E-state index is 0.0268. The van der Waals surface area contributed by atoms with Gasteiger partial charge >= 0.3 is 0 Å². The van der Waals surface area contributed by atoms with Gasteiger partial charge in [0, 0.05) is 23.7 Å². The molecule has 0 unspecified atom stereocenters. The fourth-order valence-corrected chi connectivity index (χ4v) is 3.79. The van der Waals surface area contributed by atoms with Crippen LogP contribution in [0.15, 0.2) is 22.8 Å². The fourth-order valence-electron chi connectivity index (χ4n) is 3.79. The summed E-state index contributed by atoms with van der Waals surface area (Å²) in [6.07, 6.45) is 5.96. The Morgan fingerprint density at radius 2 is 2.17 bits per heavy atom. The highest BCUT2D eigenvalue weighted by Crippen LogP contribution is 2.37. The van der Waals surface area contributed by atoms with E-state index in [-0.39, 0.29) is 23.8 Å². The van der Waals surface area contributed by atoms with E-state index in [0.717, 1.165) is 48.3 Å². The number of aromatic amines is 1. The van der Waals surface area contributed by atoms with Crippen molar-refractivity contribution in [3.63, 3.8) is 0 Å². The van der Waals surface area contributed by atoms with Gasteiger partial charge in [-0.3, -0.25) is 9.59 Å². The highest BCUT2D eigenvalue weighted by atomic mass is 16.3. The number of rotatable bonds is 4. The number of fused-ring (bicyclic) bond motifs is 1. The van der Waals surface area contributed by atoms with Crippen molar-refractivity contribution in [1.29, 1.82) is 0 Å². The lowest BCUT2D eigenvalue weighted by Gasteiger charge is -2.28. The first-order valence-electron chi connectivity index (χ1n) is 8.68. The minimum Gasteiger partial charge on any atom is -0.467 e. The van der Waals surface area contributed by atoms with Crippen LogP contribution in [0.1, 0.15) is 76.5 Å². The van der Waals surface area contributed by atoms with Crippen molar-refractivity contribution in [3.05, 3.63) is 46.7 Å². The van der Waals surface area contributed by atoms with E-state index < -0.39 is 0 Å². The minimum atomic E-state index is -0.115. The van der Waals surface area contributed by atoms with Crippen LogP contribution in [0.5, 0.6) is 0 Å². The number of amides is 1. The number of H-pyrrole nitrogens is 1. The van der Waals surface area contributed by atoms with Crippen LogP contribution < -0.4 is 0 Å². The van der Waals surface area contributed by atoms with Gasteiger partial charge in [-0.25, -0.2) is 0 Å². The molecule has 24 heavy (non-hydrogen) atoms. The van der Waals surface area contributed by atoms with Crippen molar-refractivity contribution in [3.8, 4) is 0 Å². The second-order valence-corrected chi connectivity index (χ2v) is 6.89. The number of aryl methyl sites for hydroxylation is 1. The SMILES string of the molecule is Cc1c(C(=O)N(C2CC2)[C@H](C)c2ccco2)[nH]c2c1C(=O)CCC2. The van der Waals surface area contributed by atoms with E-state index in [9.17, 15) is 9.59 Å². The first kappa shape index (κ1) is 15.2. The van der Waals surface area contributed by atoms with Gasteiger partial charge in [0.25, 0.3) is 5.91 Å². The van der Waals surface area contributed by atoms with Crippen molar-refractivity contribution in [2.45, 2.75) is 58.0 Å². The number of Topliss-reactive ketones (excluding diaryl/α,β-unsaturated/α-hetero) is 1. The molecule has 2 heterocycles. The lowest BCUT2D eigenvalue weighted by molar-refractivity contribution is 0.0646. The molecule has 0 radical (unpaired) electrons. The first-order valence-corrected chi connectivity index (χ1v) is 8.68. The predicted molar refractivity (Wildman–Crippen MR) is 89.1 cm³/mol. The van der Waals surface area contributed by atoms with Gasteiger partial charge in [-0.1, -0.05) is 0 Å². The van der Waals surface area contributed by atoms with Gasteiger partial charge in [0.2, 0.25) is 0 Å². The summed E-state index contributed by atoms with van der Waals surface area (Å²) in [5.74, 6) is 0.919. The number of nitrogens with zero attached hydrogens (tertiary/aromatic N) is 1. The molecule has 0 bridgehead atoms. The molecule has 1 amide bonds. The standard InChI is InChI=1S/C19H22N2O3/c1-11-17-14(5-3-6-15(17)22)20-18(11)19(23)21(13-8-9-13)12(2)16-7-4-10-24-16/h4,7,10,12-13,20H,3,5-6,8-9H2,1-2H3/t12-/m1/s1. The number of carbonyl (C=O) groups excluding carboxylic acids is 2. The summed E-state index contributed by atoms with van der Waals surface area (Å²) in [5, 5.41) is 0. The first-order chi connectivity index (χ1) is 11.6. The number of aromatic nitrogens is 1. The van der Waals surface area contributed by atoms with E-state index in [1.165, 1.54) is 0 Å². The second kappa shape index (κ2) is 5.65. The average molecular weight is 326 g/mol. The fraction of sp³-hybridized carbons (Fsp3) is 0.474. The Bertz CT molecular complexity index is 784. The quantitative estimate of drug-likeness (QED) is 0.929. The molecule has 2 aliphatic rings. The molecule has 2 aromatic rings. The number of carbonyl (C=O) groups is 2. The number of hydrogen-bond acceptors (Lipinski definition) is 3. The third kappa shape index (κ3) is 2.39. The van der Waals surface area contributed by atoms with Crippen LogP contribution in [0, 0.1) is 6.92 Å². The van der Waals surface area contributed by atoms with Crippen molar-refractivity contribution in [2.24, 2.45) is 0 Å². The topological polar surface area (TPSA) is 66.3 Å². The van der Waals surface area contributed by atoms with Gasteiger partial charge in [0.1, 0.15) is 11.5 Å². The Morgan fingerprint density at radius 3 is 2.79 bits per heavy atom. The van der Waals surface area contributed by atoms with Crippen molar-refractivity contribution >= 4 is 11.7 Å². The van der Waals surface area contributed by atoms with Crippen LogP contribution in [0.4, 0.5) is 0 Å². The lowest BCUT2D eigenvalue weighted by Crippen LogP contribution is -2.36. The molecule has 2 aliphatic carbocycles. The summed E-state index contributed by atoms with van der Waals surface area (Å²) in [6.45, 7) is 3.88. The molecule has 126 valence electrons. The molecule has 1 atom stereocenters. The summed E-state index contributed by atoms with van der Waals surface area (Å²) in [4.78, 5) is 30.6. The molecule has 0 aromatic carbocycles. The lowest BCUT2D eigenvalue weighted by atomic mass is 9.93. The molecule has 4 rings (SSSR count). The second-order valence-electron chi connectivity index (χ2n) is 6.89. The third-order valence-corrected chi connectivity index (χ3v) is 5.20. The maximum absolute atomic E-state index is 13.3. The smallest absolute Gasteiger partial charge is 0.271 e. The van der Waals surface area contributed by atoms with Gasteiger partial charge in [0.15, 0.2) is 5.78 Å².